The fourth-order valence-corrected chi connectivity index (χ4v) is 8.35. The molecule has 0 saturated heterocycles. The van der Waals surface area contributed by atoms with Gasteiger partial charge in [-0.1, -0.05) is 114 Å². The fraction of sp³-hybridized carbons (Fsp3) is 0.727. The van der Waals surface area contributed by atoms with Gasteiger partial charge >= 0.3 is 12.1 Å². The van der Waals surface area contributed by atoms with Crippen LogP contribution in [0.25, 0.3) is 0 Å². The van der Waals surface area contributed by atoms with Crippen molar-refractivity contribution >= 4 is 61.0 Å². The van der Waals surface area contributed by atoms with E-state index < -0.39 is 65.9 Å². The molecule has 1 rings (SSSR count). The highest BCUT2D eigenvalue weighted by Gasteiger charge is 2.48. The van der Waals surface area contributed by atoms with E-state index >= 15 is 0 Å². The molecular formula is C33H53Cl3O8Si. The van der Waals surface area contributed by atoms with Crippen LogP contribution in [0.1, 0.15) is 81.2 Å². The summed E-state index contributed by atoms with van der Waals surface area (Å²) in [5, 5.41) is 0. The molecule has 1 aromatic carbocycles. The molecule has 0 radical (unpaired) electrons. The first-order chi connectivity index (χ1) is 20.7. The van der Waals surface area contributed by atoms with Crippen LogP contribution in [0.4, 0.5) is 4.79 Å². The Balaban J connectivity index is 3.36. The summed E-state index contributed by atoms with van der Waals surface area (Å²) in [4.78, 5) is 40.3. The molecular weight excluding hydrogens is 659 g/mol. The first kappa shape index (κ1) is 41.7. The summed E-state index contributed by atoms with van der Waals surface area (Å²) < 4.78 is 27.4. The van der Waals surface area contributed by atoms with Crippen LogP contribution in [0.5, 0.6) is 0 Å². The minimum Gasteiger partial charge on any atom is -0.460 e. The predicted molar refractivity (Wildman–Crippen MR) is 182 cm³/mol. The van der Waals surface area contributed by atoms with Gasteiger partial charge in [-0.15, -0.1) is 0 Å². The summed E-state index contributed by atoms with van der Waals surface area (Å²) in [6.07, 6.45) is -2.88. The second-order valence-electron chi connectivity index (χ2n) is 13.2. The van der Waals surface area contributed by atoms with Crippen molar-refractivity contribution in [3.05, 3.63) is 35.9 Å². The van der Waals surface area contributed by atoms with Gasteiger partial charge in [0.15, 0.2) is 8.32 Å². The van der Waals surface area contributed by atoms with Crippen LogP contribution in [0.3, 0.4) is 0 Å². The van der Waals surface area contributed by atoms with Crippen LogP contribution >= 0.6 is 34.8 Å². The summed E-state index contributed by atoms with van der Waals surface area (Å²) in [7, 11) is -2.27. The largest absolute Gasteiger partial charge is 0.508 e. The third kappa shape index (κ3) is 14.5. The quantitative estimate of drug-likeness (QED) is 0.0845. The Hall–Kier alpha value is -1.36. The highest BCUT2D eigenvalue weighted by molar-refractivity contribution is 6.73. The van der Waals surface area contributed by atoms with Gasteiger partial charge < -0.3 is 23.4 Å². The zero-order valence-electron chi connectivity index (χ0n) is 28.5. The second-order valence-corrected chi connectivity index (χ2v) is 20.5. The van der Waals surface area contributed by atoms with Crippen molar-refractivity contribution in [1.82, 2.24) is 0 Å². The lowest BCUT2D eigenvalue weighted by Gasteiger charge is -2.42. The maximum absolute atomic E-state index is 14.4. The van der Waals surface area contributed by atoms with E-state index in [0.717, 1.165) is 23.7 Å². The van der Waals surface area contributed by atoms with Crippen LogP contribution in [0.2, 0.25) is 18.1 Å². The van der Waals surface area contributed by atoms with Gasteiger partial charge in [0.25, 0.3) is 0 Å². The molecule has 0 aliphatic carbocycles. The third-order valence-electron chi connectivity index (χ3n) is 8.08. The molecule has 1 aromatic rings. The normalized spacial score (nSPS) is 15.5. The predicted octanol–water partition coefficient (Wildman–Crippen LogP) is 9.08. The number of carbonyl (C=O) groups is 3. The molecule has 0 heterocycles. The topological polar surface area (TPSA) is 97.4 Å². The number of hydrogen-bond donors (Lipinski definition) is 0. The number of esters is 1. The van der Waals surface area contributed by atoms with Gasteiger partial charge in [-0.25, -0.2) is 4.79 Å². The molecule has 0 aromatic heterocycles. The van der Waals surface area contributed by atoms with Crippen LogP contribution in [-0.4, -0.2) is 61.0 Å². The monoisotopic (exact) mass is 710 g/mol. The molecule has 0 fully saturated rings. The van der Waals surface area contributed by atoms with E-state index in [1.807, 2.05) is 37.3 Å². The molecule has 8 nitrogen and oxygen atoms in total. The number of Topliss-reactive ketones (excluding diaryl/α,β-unsaturated/α-hetero) is 1. The average molecular weight is 712 g/mol. The molecule has 0 N–H and O–H groups in total. The van der Waals surface area contributed by atoms with E-state index in [4.69, 9.17) is 58.2 Å². The molecule has 0 unspecified atom stereocenters. The number of ether oxygens (including phenoxy) is 4. The Kier molecular flexibility index (Phi) is 16.9. The van der Waals surface area contributed by atoms with E-state index in [1.165, 1.54) is 0 Å². The molecule has 0 amide bonds. The summed E-state index contributed by atoms with van der Waals surface area (Å²) in [6.45, 7) is 18.7. The van der Waals surface area contributed by atoms with Gasteiger partial charge in [-0.05, 0) is 44.5 Å². The Bertz CT molecular complexity index is 1060. The first-order valence-electron chi connectivity index (χ1n) is 15.7. The zero-order valence-corrected chi connectivity index (χ0v) is 31.8. The van der Waals surface area contributed by atoms with E-state index in [0.29, 0.717) is 6.61 Å². The standard InChI is InChI=1S/C33H53Cl3O8Si/c1-11-45(12-2,13-3)44-26(19-27(37)43-31(6,7)8)32(9,10)29(38)24(5)28(42-30(39)41-22-33(34,35)36)23(4)20-40-21-25-17-15-14-16-18-25/h14-18,23-24,26,28H,11-13,19-22H2,1-10H3/t23-,24+,26-,28-/m0/s1. The molecule has 0 spiro atoms. The Morgan fingerprint density at radius 1 is 0.889 bits per heavy atom. The number of carbonyl (C=O) groups excluding carboxylic acids is 3. The molecule has 45 heavy (non-hydrogen) atoms. The molecule has 0 aliphatic heterocycles. The van der Waals surface area contributed by atoms with Crippen molar-refractivity contribution in [3.63, 3.8) is 0 Å². The molecule has 12 heteroatoms. The van der Waals surface area contributed by atoms with Gasteiger partial charge in [-0.2, -0.15) is 0 Å². The van der Waals surface area contributed by atoms with Crippen molar-refractivity contribution in [2.45, 2.75) is 122 Å². The second kappa shape index (κ2) is 18.3. The average Bonchev–Trinajstić information content (AvgIpc) is 2.95. The van der Waals surface area contributed by atoms with Gasteiger partial charge in [0.05, 0.1) is 31.7 Å². The lowest BCUT2D eigenvalue weighted by atomic mass is 9.73. The molecule has 258 valence electrons. The van der Waals surface area contributed by atoms with E-state index in [-0.39, 0.29) is 18.8 Å². The summed E-state index contributed by atoms with van der Waals surface area (Å²) in [5.41, 5.74) is -0.868. The minimum atomic E-state index is -2.27. The van der Waals surface area contributed by atoms with E-state index in [1.54, 1.807) is 41.5 Å². The number of benzene rings is 1. The van der Waals surface area contributed by atoms with Crippen molar-refractivity contribution in [1.29, 1.82) is 0 Å². The van der Waals surface area contributed by atoms with Gasteiger partial charge in [0.2, 0.25) is 3.79 Å². The lowest BCUT2D eigenvalue weighted by molar-refractivity contribution is -0.160. The fourth-order valence-electron chi connectivity index (χ4n) is 5.20. The number of rotatable bonds is 18. The Morgan fingerprint density at radius 2 is 1.44 bits per heavy atom. The SMILES string of the molecule is CC[Si](CC)(CC)O[C@@H](CC(=O)OC(C)(C)C)C(C)(C)C(=O)[C@H](C)[C@@H](OC(=O)OCC(Cl)(Cl)Cl)[C@@H](C)COCc1ccccc1. The van der Waals surface area contributed by atoms with Crippen LogP contribution < -0.4 is 0 Å². The van der Waals surface area contributed by atoms with Crippen molar-refractivity contribution in [2.24, 2.45) is 17.3 Å². The molecule has 4 atom stereocenters. The molecule has 0 saturated carbocycles. The number of hydrogen-bond acceptors (Lipinski definition) is 8. The smallest absolute Gasteiger partial charge is 0.460 e. The van der Waals surface area contributed by atoms with E-state index in [9.17, 15) is 14.4 Å². The zero-order chi connectivity index (χ0) is 34.6. The Morgan fingerprint density at radius 3 is 1.93 bits per heavy atom. The first-order valence-corrected chi connectivity index (χ1v) is 19.3. The van der Waals surface area contributed by atoms with Crippen LogP contribution in [0, 0.1) is 17.3 Å². The lowest BCUT2D eigenvalue weighted by Crippen LogP contribution is -2.52. The van der Waals surface area contributed by atoms with Crippen molar-refractivity contribution < 1.29 is 37.8 Å². The highest BCUT2D eigenvalue weighted by Crippen LogP contribution is 2.38. The van der Waals surface area contributed by atoms with Gasteiger partial charge in [-0.3, -0.25) is 9.59 Å². The van der Waals surface area contributed by atoms with Crippen LogP contribution in [-0.2, 0) is 39.6 Å². The van der Waals surface area contributed by atoms with E-state index in [2.05, 4.69) is 20.8 Å². The number of halogens is 3. The summed E-state index contributed by atoms with van der Waals surface area (Å²) >= 11 is 17.3. The number of ketones is 1. The maximum atomic E-state index is 14.4. The third-order valence-corrected chi connectivity index (χ3v) is 13.1. The van der Waals surface area contributed by atoms with Gasteiger partial charge in [0, 0.05) is 11.3 Å². The van der Waals surface area contributed by atoms with Crippen LogP contribution in [0.15, 0.2) is 30.3 Å². The maximum Gasteiger partial charge on any atom is 0.508 e. The Labute approximate surface area is 286 Å². The summed E-state index contributed by atoms with van der Waals surface area (Å²) in [5.74, 6) is -1.94. The van der Waals surface area contributed by atoms with Crippen molar-refractivity contribution in [3.8, 4) is 0 Å². The van der Waals surface area contributed by atoms with Gasteiger partial charge in [0.1, 0.15) is 24.1 Å². The number of alkyl halides is 3. The summed E-state index contributed by atoms with van der Waals surface area (Å²) in [6, 6.07) is 12.1. The minimum absolute atomic E-state index is 0.0932. The molecule has 0 aliphatic rings. The van der Waals surface area contributed by atoms with Crippen molar-refractivity contribution in [2.75, 3.05) is 13.2 Å². The molecule has 0 bridgehead atoms. The highest BCUT2D eigenvalue weighted by atomic mass is 35.6.